The normalized spacial score (nSPS) is 14.1. The summed E-state index contributed by atoms with van der Waals surface area (Å²) in [7, 11) is 0. The number of ether oxygens (including phenoxy) is 1. The monoisotopic (exact) mass is 600 g/mol. The van der Waals surface area contributed by atoms with E-state index in [4.69, 9.17) is 14.4 Å². The molecule has 0 aliphatic carbocycles. The van der Waals surface area contributed by atoms with E-state index < -0.39 is 0 Å². The number of carbonyl (C=O) groups excluding carboxylic acids is 2. The molecule has 0 rings (SSSR count). The van der Waals surface area contributed by atoms with Crippen LogP contribution in [0.3, 0.4) is 0 Å². The first-order chi connectivity index (χ1) is 15.4. The van der Waals surface area contributed by atoms with Crippen molar-refractivity contribution >= 4 is 44.7 Å². The van der Waals surface area contributed by atoms with Crippen LogP contribution in [0.1, 0.15) is 92.9 Å². The Labute approximate surface area is 218 Å². The first kappa shape index (κ1) is 32.8. The van der Waals surface area contributed by atoms with E-state index in [9.17, 15) is 9.59 Å². The highest BCUT2D eigenvalue weighted by molar-refractivity contribution is 9.09. The molecule has 2 unspecified atom stereocenters. The summed E-state index contributed by atoms with van der Waals surface area (Å²) < 4.78 is 5.80. The summed E-state index contributed by atoms with van der Waals surface area (Å²) in [5.41, 5.74) is -0.716. The number of unbranched alkanes of at least 4 members (excludes halogenated alkanes) is 2. The summed E-state index contributed by atoms with van der Waals surface area (Å²) >= 11 is 7.45. The molecule has 0 N–H and O–H groups in total. The van der Waals surface area contributed by atoms with Crippen molar-refractivity contribution in [2.75, 3.05) is 26.3 Å². The fraction of sp³-hybridized carbons (Fsp3) is 0.917. The molecule has 0 aromatic rings. The molecule has 7 nitrogen and oxygen atoms in total. The fourth-order valence-electron chi connectivity index (χ4n) is 3.02. The van der Waals surface area contributed by atoms with Gasteiger partial charge < -0.3 is 4.74 Å². The second kappa shape index (κ2) is 18.1. The van der Waals surface area contributed by atoms with E-state index in [0.717, 1.165) is 77.4 Å². The maximum absolute atomic E-state index is 11.1. The highest BCUT2D eigenvalue weighted by Crippen LogP contribution is 2.17. The van der Waals surface area contributed by atoms with Gasteiger partial charge in [0, 0.05) is 36.0 Å². The van der Waals surface area contributed by atoms with Crippen LogP contribution in [-0.4, -0.2) is 70.1 Å². The molecule has 0 radical (unpaired) electrons. The molecule has 9 heteroatoms. The number of halogens is 2. The summed E-state index contributed by atoms with van der Waals surface area (Å²) in [6.07, 6.45) is 9.42. The van der Waals surface area contributed by atoms with Gasteiger partial charge in [-0.3, -0.25) is 19.3 Å². The van der Waals surface area contributed by atoms with Gasteiger partial charge in [0.25, 0.3) is 0 Å². The quantitative estimate of drug-likeness (QED) is 0.0738. The molecule has 2 amide bonds. The molecule has 0 fully saturated rings. The number of hydrogen-bond donors (Lipinski definition) is 0. The molecule has 0 aromatic heterocycles. The van der Waals surface area contributed by atoms with Gasteiger partial charge in [0.1, 0.15) is 0 Å². The maximum Gasteiger partial charge on any atom is 0.233 e. The third-order valence-electron chi connectivity index (χ3n) is 4.46. The van der Waals surface area contributed by atoms with Gasteiger partial charge in [0.2, 0.25) is 12.8 Å². The number of amides is 2. The van der Waals surface area contributed by atoms with Crippen LogP contribution in [0.4, 0.5) is 0 Å². The topological polar surface area (TPSA) is 68.3 Å². The van der Waals surface area contributed by atoms with Crippen LogP contribution in [0.15, 0.2) is 0 Å². The van der Waals surface area contributed by atoms with Crippen LogP contribution in [0, 0.1) is 0 Å². The lowest BCUT2D eigenvalue weighted by molar-refractivity contribution is -0.216. The molecule has 33 heavy (non-hydrogen) atoms. The zero-order chi connectivity index (χ0) is 25.3. The van der Waals surface area contributed by atoms with E-state index in [-0.39, 0.29) is 11.2 Å². The van der Waals surface area contributed by atoms with Crippen LogP contribution in [0.5, 0.6) is 0 Å². The van der Waals surface area contributed by atoms with Crippen LogP contribution >= 0.6 is 31.9 Å². The van der Waals surface area contributed by atoms with Gasteiger partial charge in [0.05, 0.1) is 11.2 Å². The van der Waals surface area contributed by atoms with Crippen molar-refractivity contribution in [3.63, 3.8) is 0 Å². The lowest BCUT2D eigenvalue weighted by atomic mass is 10.1. The second-order valence-electron chi connectivity index (χ2n) is 10.3. The van der Waals surface area contributed by atoms with Crippen molar-refractivity contribution in [1.82, 2.24) is 10.1 Å². The van der Waals surface area contributed by atoms with E-state index in [1.165, 1.54) is 10.1 Å². The van der Waals surface area contributed by atoms with Gasteiger partial charge in [-0.1, -0.05) is 44.7 Å². The molecular formula is C24H46Br2N2O5. The van der Waals surface area contributed by atoms with Gasteiger partial charge in [0.15, 0.2) is 0 Å². The molecule has 0 heterocycles. The summed E-state index contributed by atoms with van der Waals surface area (Å²) in [6.45, 7) is 14.3. The SMILES string of the molecule is CC(C)(C)ON(C=O)CCCCC(Br)CCOCCC(Br)CCCCN(C=O)OC(C)(C)C. The zero-order valence-corrected chi connectivity index (χ0v) is 24.7. The van der Waals surface area contributed by atoms with Crippen LogP contribution in [0.25, 0.3) is 0 Å². The molecule has 0 bridgehead atoms. The van der Waals surface area contributed by atoms with Crippen LogP contribution in [0.2, 0.25) is 0 Å². The lowest BCUT2D eigenvalue weighted by Gasteiger charge is -2.26. The van der Waals surface area contributed by atoms with Crippen molar-refractivity contribution in [2.45, 2.75) is 114 Å². The smallest absolute Gasteiger partial charge is 0.233 e. The standard InChI is InChI=1S/C24H46Br2N2O5/c1-23(2,3)32-27(19-29)15-9-7-11-21(25)13-17-31-18-14-22(26)12-8-10-16-28(20-30)33-24(4,5)6/h19-22H,7-18H2,1-6H3. The number of alkyl halides is 2. The van der Waals surface area contributed by atoms with Gasteiger partial charge in [-0.05, 0) is 80.1 Å². The molecule has 196 valence electrons. The minimum atomic E-state index is -0.358. The highest BCUT2D eigenvalue weighted by Gasteiger charge is 2.17. The van der Waals surface area contributed by atoms with E-state index in [2.05, 4.69) is 31.9 Å². The maximum atomic E-state index is 11.1. The third kappa shape index (κ3) is 22.0. The number of hydroxylamine groups is 4. The average molecular weight is 602 g/mol. The Balaban J connectivity index is 3.70. The molecule has 0 saturated carbocycles. The molecule has 0 aromatic carbocycles. The van der Waals surface area contributed by atoms with Crippen molar-refractivity contribution < 1.29 is 24.0 Å². The summed E-state index contributed by atoms with van der Waals surface area (Å²) in [5, 5.41) is 2.78. The first-order valence-electron chi connectivity index (χ1n) is 12.0. The number of carbonyl (C=O) groups is 2. The van der Waals surface area contributed by atoms with E-state index >= 15 is 0 Å². The molecule has 0 aliphatic heterocycles. The molecule has 0 aliphatic rings. The fourth-order valence-corrected chi connectivity index (χ4v) is 4.04. The Morgan fingerprint density at radius 1 is 0.667 bits per heavy atom. The molecule has 0 spiro atoms. The number of hydrogen-bond acceptors (Lipinski definition) is 5. The first-order valence-corrected chi connectivity index (χ1v) is 13.9. The molecule has 2 atom stereocenters. The minimum absolute atomic E-state index is 0.358. The summed E-state index contributed by atoms with van der Waals surface area (Å²) in [6, 6.07) is 0. The Kier molecular flexibility index (Phi) is 18.0. The van der Waals surface area contributed by atoms with E-state index in [1.807, 2.05) is 41.5 Å². The Bertz CT molecular complexity index is 468. The number of rotatable bonds is 20. The van der Waals surface area contributed by atoms with Crippen molar-refractivity contribution in [3.05, 3.63) is 0 Å². The van der Waals surface area contributed by atoms with Gasteiger partial charge in [-0.25, -0.2) is 10.1 Å². The highest BCUT2D eigenvalue weighted by atomic mass is 79.9. The second-order valence-corrected chi connectivity index (χ2v) is 12.9. The average Bonchev–Trinajstić information content (AvgIpc) is 2.70. The van der Waals surface area contributed by atoms with E-state index in [1.54, 1.807) is 0 Å². The van der Waals surface area contributed by atoms with Gasteiger partial charge >= 0.3 is 0 Å². The zero-order valence-electron chi connectivity index (χ0n) is 21.5. The van der Waals surface area contributed by atoms with Crippen molar-refractivity contribution in [1.29, 1.82) is 0 Å². The number of nitrogens with zero attached hydrogens (tertiary/aromatic N) is 2. The summed E-state index contributed by atoms with van der Waals surface area (Å²) in [5.74, 6) is 0. The van der Waals surface area contributed by atoms with Gasteiger partial charge in [-0.15, -0.1) is 0 Å². The molecular weight excluding hydrogens is 556 g/mol. The van der Waals surface area contributed by atoms with Crippen LogP contribution in [-0.2, 0) is 24.0 Å². The molecule has 0 saturated heterocycles. The Hall–Kier alpha value is -0.220. The summed E-state index contributed by atoms with van der Waals surface area (Å²) in [4.78, 5) is 34.1. The Morgan fingerprint density at radius 2 is 1.03 bits per heavy atom. The third-order valence-corrected chi connectivity index (χ3v) is 6.29. The van der Waals surface area contributed by atoms with Crippen molar-refractivity contribution in [2.24, 2.45) is 0 Å². The van der Waals surface area contributed by atoms with E-state index in [0.29, 0.717) is 22.7 Å². The van der Waals surface area contributed by atoms with Gasteiger partial charge in [-0.2, -0.15) is 0 Å². The van der Waals surface area contributed by atoms with Crippen molar-refractivity contribution in [3.8, 4) is 0 Å². The van der Waals surface area contributed by atoms with Crippen LogP contribution < -0.4 is 0 Å². The minimum Gasteiger partial charge on any atom is -0.381 e. The predicted molar refractivity (Wildman–Crippen MR) is 140 cm³/mol. The predicted octanol–water partition coefficient (Wildman–Crippen LogP) is 6.03. The lowest BCUT2D eigenvalue weighted by Crippen LogP contribution is -2.33. The largest absolute Gasteiger partial charge is 0.381 e. The Morgan fingerprint density at radius 3 is 1.33 bits per heavy atom.